The number of carbonyl (C=O) groups excluding carboxylic acids is 3. The van der Waals surface area contributed by atoms with Crippen molar-refractivity contribution in [2.75, 3.05) is 19.5 Å². The fourth-order valence-corrected chi connectivity index (χ4v) is 3.57. The number of aryl methyl sites for hydroxylation is 1. The van der Waals surface area contributed by atoms with E-state index in [4.69, 9.17) is 4.74 Å². The molecule has 0 radical (unpaired) electrons. The summed E-state index contributed by atoms with van der Waals surface area (Å²) in [5.41, 5.74) is 1.44. The van der Waals surface area contributed by atoms with E-state index >= 15 is 0 Å². The summed E-state index contributed by atoms with van der Waals surface area (Å²) in [6.45, 7) is 1.97. The molecule has 2 aromatic heterocycles. The van der Waals surface area contributed by atoms with Crippen LogP contribution in [0.25, 0.3) is 0 Å². The lowest BCUT2D eigenvalue weighted by molar-refractivity contribution is -0.119. The van der Waals surface area contributed by atoms with Gasteiger partial charge in [-0.2, -0.15) is 0 Å². The SMILES string of the molecule is COC(=O)c1cc(OC(=O)c2csc(NC(=O)C3CC(C)=CN3C)n2)cn1C. The second-order valence-electron chi connectivity index (χ2n) is 6.44. The topological polar surface area (TPSA) is 103 Å². The van der Waals surface area contributed by atoms with E-state index in [1.807, 2.05) is 25.1 Å². The van der Waals surface area contributed by atoms with Crippen molar-refractivity contribution < 1.29 is 23.9 Å². The molecule has 10 heteroatoms. The molecule has 1 N–H and O–H groups in total. The highest BCUT2D eigenvalue weighted by Gasteiger charge is 2.27. The molecule has 2 aromatic rings. The Bertz CT molecular complexity index is 961. The van der Waals surface area contributed by atoms with Gasteiger partial charge in [-0.3, -0.25) is 4.79 Å². The number of carbonyl (C=O) groups is 3. The maximum atomic E-state index is 12.4. The first kappa shape index (κ1) is 19.6. The molecule has 0 spiro atoms. The van der Waals surface area contributed by atoms with Gasteiger partial charge in [-0.05, 0) is 19.5 Å². The third-order valence-corrected chi connectivity index (χ3v) is 5.02. The Morgan fingerprint density at radius 2 is 2.04 bits per heavy atom. The van der Waals surface area contributed by atoms with Crippen molar-refractivity contribution in [3.8, 4) is 5.75 Å². The molecule has 1 aliphatic rings. The monoisotopic (exact) mass is 404 g/mol. The zero-order valence-corrected chi connectivity index (χ0v) is 16.7. The average Bonchev–Trinajstić information content (AvgIpc) is 3.33. The molecular weight excluding hydrogens is 384 g/mol. The van der Waals surface area contributed by atoms with Gasteiger partial charge in [0, 0.05) is 31.7 Å². The van der Waals surface area contributed by atoms with Gasteiger partial charge in [-0.15, -0.1) is 11.3 Å². The molecule has 0 aliphatic carbocycles. The largest absolute Gasteiger partial charge is 0.464 e. The summed E-state index contributed by atoms with van der Waals surface area (Å²) in [5, 5.41) is 4.55. The lowest BCUT2D eigenvalue weighted by atomic mass is 10.1. The Hall–Kier alpha value is -3.14. The summed E-state index contributed by atoms with van der Waals surface area (Å²) in [6.07, 6.45) is 4.07. The quantitative estimate of drug-likeness (QED) is 0.761. The van der Waals surface area contributed by atoms with E-state index in [1.165, 1.54) is 29.3 Å². The zero-order valence-electron chi connectivity index (χ0n) is 15.9. The number of hydrogen-bond donors (Lipinski definition) is 1. The van der Waals surface area contributed by atoms with Crippen LogP contribution in [-0.4, -0.2) is 52.5 Å². The van der Waals surface area contributed by atoms with Crippen molar-refractivity contribution in [2.24, 2.45) is 7.05 Å². The van der Waals surface area contributed by atoms with E-state index in [0.717, 1.165) is 16.9 Å². The molecule has 148 valence electrons. The van der Waals surface area contributed by atoms with Crippen LogP contribution >= 0.6 is 11.3 Å². The van der Waals surface area contributed by atoms with Crippen LogP contribution in [0.2, 0.25) is 0 Å². The molecular formula is C18H20N4O5S. The minimum Gasteiger partial charge on any atom is -0.464 e. The molecule has 0 saturated heterocycles. The van der Waals surface area contributed by atoms with Gasteiger partial charge in [0.25, 0.3) is 0 Å². The van der Waals surface area contributed by atoms with E-state index in [1.54, 1.807) is 7.05 Å². The molecule has 1 atom stereocenters. The van der Waals surface area contributed by atoms with Crippen LogP contribution in [0.1, 0.15) is 34.3 Å². The number of aromatic nitrogens is 2. The highest BCUT2D eigenvalue weighted by molar-refractivity contribution is 7.14. The van der Waals surface area contributed by atoms with Crippen LogP contribution in [0.4, 0.5) is 5.13 Å². The van der Waals surface area contributed by atoms with Crippen molar-refractivity contribution in [3.63, 3.8) is 0 Å². The summed E-state index contributed by atoms with van der Waals surface area (Å²) in [6, 6.07) is 1.12. The maximum Gasteiger partial charge on any atom is 0.363 e. The average molecular weight is 404 g/mol. The fourth-order valence-electron chi connectivity index (χ4n) is 2.89. The third kappa shape index (κ3) is 4.06. The predicted molar refractivity (Wildman–Crippen MR) is 102 cm³/mol. The molecule has 3 heterocycles. The van der Waals surface area contributed by atoms with Crippen LogP contribution < -0.4 is 10.1 Å². The van der Waals surface area contributed by atoms with Gasteiger partial charge < -0.3 is 24.3 Å². The molecule has 9 nitrogen and oxygen atoms in total. The summed E-state index contributed by atoms with van der Waals surface area (Å²) >= 11 is 1.14. The Labute approximate surface area is 165 Å². The molecule has 28 heavy (non-hydrogen) atoms. The highest BCUT2D eigenvalue weighted by Crippen LogP contribution is 2.23. The van der Waals surface area contributed by atoms with Gasteiger partial charge in [0.15, 0.2) is 10.8 Å². The number of likely N-dealkylation sites (N-methyl/N-ethyl adjacent to an activating group) is 1. The number of nitrogens with one attached hydrogen (secondary N) is 1. The number of rotatable bonds is 5. The Kier molecular flexibility index (Phi) is 5.50. The van der Waals surface area contributed by atoms with Crippen molar-refractivity contribution in [1.29, 1.82) is 0 Å². The van der Waals surface area contributed by atoms with Gasteiger partial charge in [-0.25, -0.2) is 14.6 Å². The Balaban J connectivity index is 1.63. The van der Waals surface area contributed by atoms with Gasteiger partial charge in [-0.1, -0.05) is 5.57 Å². The minimum atomic E-state index is -0.686. The van der Waals surface area contributed by atoms with Crippen LogP contribution in [0.5, 0.6) is 5.75 Å². The number of anilines is 1. The standard InChI is InChI=1S/C18H20N4O5S/c1-10-5-13(21(2)7-10)15(23)20-18-19-12(9-28-18)16(24)27-11-6-14(17(25)26-4)22(3)8-11/h6-9,13H,5H2,1-4H3,(H,19,20,23). The molecule has 1 unspecified atom stereocenters. The summed E-state index contributed by atoms with van der Waals surface area (Å²) in [7, 11) is 4.75. The number of amides is 1. The number of nitrogens with zero attached hydrogens (tertiary/aromatic N) is 3. The van der Waals surface area contributed by atoms with Crippen LogP contribution in [0.3, 0.4) is 0 Å². The zero-order chi connectivity index (χ0) is 20.4. The van der Waals surface area contributed by atoms with E-state index in [9.17, 15) is 14.4 Å². The van der Waals surface area contributed by atoms with Crippen LogP contribution in [-0.2, 0) is 16.6 Å². The molecule has 1 amide bonds. The number of thiazole rings is 1. The smallest absolute Gasteiger partial charge is 0.363 e. The van der Waals surface area contributed by atoms with Crippen molar-refractivity contribution >= 4 is 34.3 Å². The van der Waals surface area contributed by atoms with Gasteiger partial charge >= 0.3 is 11.9 Å². The van der Waals surface area contributed by atoms with Crippen molar-refractivity contribution in [3.05, 3.63) is 40.8 Å². The molecule has 0 saturated carbocycles. The lowest BCUT2D eigenvalue weighted by Crippen LogP contribution is -2.36. The van der Waals surface area contributed by atoms with E-state index in [0.29, 0.717) is 11.6 Å². The Morgan fingerprint density at radius 3 is 2.68 bits per heavy atom. The summed E-state index contributed by atoms with van der Waals surface area (Å²) < 4.78 is 11.4. The van der Waals surface area contributed by atoms with E-state index in [2.05, 4.69) is 15.0 Å². The highest BCUT2D eigenvalue weighted by atomic mass is 32.1. The molecule has 0 bridgehead atoms. The minimum absolute atomic E-state index is 0.0675. The fraction of sp³-hybridized carbons (Fsp3) is 0.333. The van der Waals surface area contributed by atoms with Crippen LogP contribution in [0.15, 0.2) is 29.4 Å². The van der Waals surface area contributed by atoms with E-state index < -0.39 is 11.9 Å². The van der Waals surface area contributed by atoms with Crippen molar-refractivity contribution in [2.45, 2.75) is 19.4 Å². The molecule has 1 aliphatic heterocycles. The maximum absolute atomic E-state index is 12.4. The van der Waals surface area contributed by atoms with Crippen molar-refractivity contribution in [1.82, 2.24) is 14.5 Å². The van der Waals surface area contributed by atoms with E-state index in [-0.39, 0.29) is 29.1 Å². The van der Waals surface area contributed by atoms with Gasteiger partial charge in [0.2, 0.25) is 5.91 Å². The number of hydrogen-bond acceptors (Lipinski definition) is 8. The second-order valence-corrected chi connectivity index (χ2v) is 7.30. The number of esters is 2. The van der Waals surface area contributed by atoms with Crippen LogP contribution in [0, 0.1) is 0 Å². The second kappa shape index (κ2) is 7.85. The normalized spacial score (nSPS) is 15.9. The lowest BCUT2D eigenvalue weighted by Gasteiger charge is -2.18. The first-order chi connectivity index (χ1) is 13.3. The number of ether oxygens (including phenoxy) is 2. The third-order valence-electron chi connectivity index (χ3n) is 4.26. The molecule has 0 aromatic carbocycles. The predicted octanol–water partition coefficient (Wildman–Crippen LogP) is 2.03. The number of methoxy groups -OCH3 is 1. The molecule has 3 rings (SSSR count). The first-order valence-electron chi connectivity index (χ1n) is 8.41. The van der Waals surface area contributed by atoms with Gasteiger partial charge in [0.05, 0.1) is 7.11 Å². The van der Waals surface area contributed by atoms with Gasteiger partial charge in [0.1, 0.15) is 17.5 Å². The summed E-state index contributed by atoms with van der Waals surface area (Å²) in [5.74, 6) is -1.21. The Morgan fingerprint density at radius 1 is 1.29 bits per heavy atom. The molecule has 0 fully saturated rings. The first-order valence-corrected chi connectivity index (χ1v) is 9.29. The summed E-state index contributed by atoms with van der Waals surface area (Å²) in [4.78, 5) is 42.3.